The molecule has 3 nitrogen and oxygen atoms in total. The van der Waals surface area contributed by atoms with Crippen LogP contribution in [0.5, 0.6) is 0 Å². The van der Waals surface area contributed by atoms with Crippen LogP contribution in [0.4, 0.5) is 0 Å². The summed E-state index contributed by atoms with van der Waals surface area (Å²) in [6.45, 7) is 2.61. The van der Waals surface area contributed by atoms with Crippen LogP contribution in [0.25, 0.3) is 0 Å². The lowest BCUT2D eigenvalue weighted by Crippen LogP contribution is -2.29. The third-order valence-electron chi connectivity index (χ3n) is 3.01. The summed E-state index contributed by atoms with van der Waals surface area (Å²) in [4.78, 5) is 8.61. The highest BCUT2D eigenvalue weighted by Gasteiger charge is 2.39. The molecule has 0 aromatic carbocycles. The minimum atomic E-state index is -0.400. The number of nitrogens with zero attached hydrogens (tertiary/aromatic N) is 2. The Morgan fingerprint density at radius 2 is 1.76 bits per heavy atom. The van der Waals surface area contributed by atoms with Crippen molar-refractivity contribution < 1.29 is 4.74 Å². The summed E-state index contributed by atoms with van der Waals surface area (Å²) >= 11 is 15.3. The Bertz CT molecular complexity index is 399. The van der Waals surface area contributed by atoms with Crippen molar-refractivity contribution >= 4 is 39.1 Å². The van der Waals surface area contributed by atoms with E-state index in [2.05, 4.69) is 25.9 Å². The summed E-state index contributed by atoms with van der Waals surface area (Å²) in [6, 6.07) is 0. The van der Waals surface area contributed by atoms with Gasteiger partial charge in [-0.15, -0.1) is 0 Å². The van der Waals surface area contributed by atoms with Crippen LogP contribution < -0.4 is 0 Å². The molecule has 0 spiro atoms. The van der Waals surface area contributed by atoms with E-state index in [1.807, 2.05) is 6.92 Å². The molecule has 0 aliphatic heterocycles. The molecule has 1 aliphatic rings. The van der Waals surface area contributed by atoms with Crippen molar-refractivity contribution in [3.63, 3.8) is 0 Å². The maximum atomic E-state index is 6.02. The van der Waals surface area contributed by atoms with Crippen LogP contribution in [0.1, 0.15) is 38.4 Å². The average Bonchev–Trinajstić information content (AvgIpc) is 2.75. The smallest absolute Gasteiger partial charge is 0.163 e. The fraction of sp³-hybridized carbons (Fsp3) is 0.636. The predicted octanol–water partition coefficient (Wildman–Crippen LogP) is 4.35. The Labute approximate surface area is 119 Å². The first-order valence-corrected chi connectivity index (χ1v) is 7.17. The van der Waals surface area contributed by atoms with Crippen LogP contribution >= 0.6 is 39.1 Å². The van der Waals surface area contributed by atoms with E-state index in [1.165, 1.54) is 0 Å². The van der Waals surface area contributed by atoms with Gasteiger partial charge in [-0.2, -0.15) is 0 Å². The fourth-order valence-electron chi connectivity index (χ4n) is 2.25. The molecule has 1 aromatic heterocycles. The van der Waals surface area contributed by atoms with Crippen molar-refractivity contribution in [3.05, 3.63) is 20.6 Å². The highest BCUT2D eigenvalue weighted by atomic mass is 79.9. The average molecular weight is 340 g/mol. The molecule has 1 fully saturated rings. The highest BCUT2D eigenvalue weighted by molar-refractivity contribution is 9.10. The summed E-state index contributed by atoms with van der Waals surface area (Å²) in [5.74, 6) is 0.607. The number of ether oxygens (including phenoxy) is 1. The Morgan fingerprint density at radius 3 is 2.24 bits per heavy atom. The third kappa shape index (κ3) is 2.60. The van der Waals surface area contributed by atoms with E-state index < -0.39 is 5.60 Å². The van der Waals surface area contributed by atoms with Crippen molar-refractivity contribution in [1.82, 2.24) is 9.97 Å². The molecule has 94 valence electrons. The monoisotopic (exact) mass is 338 g/mol. The first kappa shape index (κ1) is 13.5. The van der Waals surface area contributed by atoms with Crippen molar-refractivity contribution in [3.8, 4) is 0 Å². The molecule has 1 aliphatic carbocycles. The lowest BCUT2D eigenvalue weighted by molar-refractivity contribution is -0.0457. The lowest BCUT2D eigenvalue weighted by Gasteiger charge is -2.27. The largest absolute Gasteiger partial charge is 0.367 e. The summed E-state index contributed by atoms with van der Waals surface area (Å²) in [5.41, 5.74) is -0.400. The predicted molar refractivity (Wildman–Crippen MR) is 71.5 cm³/mol. The molecule has 1 aromatic rings. The van der Waals surface area contributed by atoms with Crippen molar-refractivity contribution in [1.29, 1.82) is 0 Å². The van der Waals surface area contributed by atoms with Gasteiger partial charge < -0.3 is 4.74 Å². The molecule has 0 amide bonds. The first-order chi connectivity index (χ1) is 8.09. The molecular formula is C11H13BrCl2N2O. The van der Waals surface area contributed by atoms with Crippen LogP contribution in [-0.4, -0.2) is 16.6 Å². The first-order valence-electron chi connectivity index (χ1n) is 5.62. The SMILES string of the molecule is CCOC1(c2nc(Cl)c(Br)c(Cl)n2)CCCC1. The maximum Gasteiger partial charge on any atom is 0.163 e. The van der Waals surface area contributed by atoms with E-state index in [4.69, 9.17) is 27.9 Å². The molecule has 0 radical (unpaired) electrons. The van der Waals surface area contributed by atoms with Gasteiger partial charge in [-0.25, -0.2) is 9.97 Å². The molecule has 2 rings (SSSR count). The van der Waals surface area contributed by atoms with Crippen LogP contribution in [-0.2, 0) is 10.3 Å². The van der Waals surface area contributed by atoms with Gasteiger partial charge in [0.2, 0.25) is 0 Å². The van der Waals surface area contributed by atoms with Gasteiger partial charge in [-0.1, -0.05) is 23.2 Å². The number of halogens is 3. The van der Waals surface area contributed by atoms with Crippen LogP contribution in [0.3, 0.4) is 0 Å². The zero-order valence-corrected chi connectivity index (χ0v) is 12.6. The van der Waals surface area contributed by atoms with E-state index >= 15 is 0 Å². The van der Waals surface area contributed by atoms with E-state index in [1.54, 1.807) is 0 Å². The number of aromatic nitrogens is 2. The number of rotatable bonds is 3. The quantitative estimate of drug-likeness (QED) is 0.768. The van der Waals surface area contributed by atoms with E-state index in [-0.39, 0.29) is 0 Å². The second kappa shape index (κ2) is 5.39. The molecule has 0 unspecified atom stereocenters. The summed E-state index contributed by atoms with van der Waals surface area (Å²) < 4.78 is 6.41. The number of hydrogen-bond donors (Lipinski definition) is 0. The second-order valence-electron chi connectivity index (χ2n) is 4.08. The van der Waals surface area contributed by atoms with E-state index in [0.717, 1.165) is 25.7 Å². The van der Waals surface area contributed by atoms with Gasteiger partial charge in [0.05, 0.1) is 4.47 Å². The molecule has 0 atom stereocenters. The molecule has 17 heavy (non-hydrogen) atoms. The van der Waals surface area contributed by atoms with Crippen LogP contribution in [0.2, 0.25) is 10.3 Å². The zero-order valence-electron chi connectivity index (χ0n) is 9.47. The topological polar surface area (TPSA) is 35.0 Å². The Balaban J connectivity index is 2.43. The van der Waals surface area contributed by atoms with Gasteiger partial charge in [0.1, 0.15) is 15.9 Å². The standard InChI is InChI=1S/C11H13BrCl2N2O/c1-2-17-11(5-3-4-6-11)10-15-8(13)7(12)9(14)16-10/h2-6H2,1H3. The molecule has 1 saturated carbocycles. The number of hydrogen-bond acceptors (Lipinski definition) is 3. The minimum Gasteiger partial charge on any atom is -0.367 e. The van der Waals surface area contributed by atoms with Crippen molar-refractivity contribution in [2.24, 2.45) is 0 Å². The zero-order chi connectivity index (χ0) is 12.5. The summed E-state index contributed by atoms with van der Waals surface area (Å²) in [7, 11) is 0. The molecular weight excluding hydrogens is 327 g/mol. The Hall–Kier alpha value is 0.1000. The van der Waals surface area contributed by atoms with Gasteiger partial charge in [-0.3, -0.25) is 0 Å². The summed E-state index contributed by atoms with van der Waals surface area (Å²) in [5, 5.41) is 0.678. The second-order valence-corrected chi connectivity index (χ2v) is 5.59. The molecule has 0 N–H and O–H groups in total. The normalized spacial score (nSPS) is 18.6. The summed E-state index contributed by atoms with van der Waals surface area (Å²) in [6.07, 6.45) is 4.09. The van der Waals surface area contributed by atoms with Gasteiger partial charge >= 0.3 is 0 Å². The molecule has 0 saturated heterocycles. The van der Waals surface area contributed by atoms with Gasteiger partial charge in [0.15, 0.2) is 5.82 Å². The van der Waals surface area contributed by atoms with Gasteiger partial charge in [0.25, 0.3) is 0 Å². The van der Waals surface area contributed by atoms with Gasteiger partial charge in [0, 0.05) is 6.61 Å². The van der Waals surface area contributed by atoms with Crippen molar-refractivity contribution in [2.75, 3.05) is 6.61 Å². The van der Waals surface area contributed by atoms with Gasteiger partial charge in [-0.05, 0) is 48.5 Å². The third-order valence-corrected chi connectivity index (χ3v) is 4.76. The minimum absolute atomic E-state index is 0.339. The highest BCUT2D eigenvalue weighted by Crippen LogP contribution is 2.42. The lowest BCUT2D eigenvalue weighted by atomic mass is 10.0. The fourth-order valence-corrected chi connectivity index (χ4v) is 2.82. The Kier molecular flexibility index (Phi) is 4.29. The Morgan fingerprint density at radius 1 is 1.24 bits per heavy atom. The van der Waals surface area contributed by atoms with Crippen molar-refractivity contribution in [2.45, 2.75) is 38.2 Å². The molecule has 6 heteroatoms. The molecule has 1 heterocycles. The van der Waals surface area contributed by atoms with E-state index in [9.17, 15) is 0 Å². The van der Waals surface area contributed by atoms with E-state index in [0.29, 0.717) is 27.2 Å². The molecule has 0 bridgehead atoms. The van der Waals surface area contributed by atoms with Crippen LogP contribution in [0.15, 0.2) is 4.47 Å². The van der Waals surface area contributed by atoms with Crippen LogP contribution in [0, 0.1) is 0 Å². The maximum absolute atomic E-state index is 6.02.